The Morgan fingerprint density at radius 1 is 0.762 bits per heavy atom. The number of ether oxygens (including phenoxy) is 2. The van der Waals surface area contributed by atoms with Crippen LogP contribution in [0, 0.1) is 0 Å². The lowest BCUT2D eigenvalue weighted by Gasteiger charge is -2.47. The van der Waals surface area contributed by atoms with Crippen LogP contribution < -0.4 is 0 Å². The van der Waals surface area contributed by atoms with E-state index in [1.807, 2.05) is 67.6 Å². The van der Waals surface area contributed by atoms with Crippen molar-refractivity contribution in [3.8, 4) is 0 Å². The highest BCUT2D eigenvalue weighted by atomic mass is 28.4. The molecule has 3 atom stereocenters. The number of piperidine rings is 1. The highest BCUT2D eigenvalue weighted by Crippen LogP contribution is 2.48. The lowest BCUT2D eigenvalue weighted by molar-refractivity contribution is -0.956. The van der Waals surface area contributed by atoms with Crippen LogP contribution in [0.1, 0.15) is 98.1 Å². The number of carbonyl (C=O) groups is 1. The van der Waals surface area contributed by atoms with Crippen molar-refractivity contribution in [3.63, 3.8) is 0 Å². The molecule has 2 aromatic rings. The zero-order valence-electron chi connectivity index (χ0n) is 27.1. The molecular formula is C36H54NO4Si+. The molecule has 230 valence electrons. The van der Waals surface area contributed by atoms with Gasteiger partial charge in [-0.05, 0) is 34.7 Å². The van der Waals surface area contributed by atoms with E-state index in [4.69, 9.17) is 13.9 Å². The summed E-state index contributed by atoms with van der Waals surface area (Å²) in [6, 6.07) is 21.1. The van der Waals surface area contributed by atoms with Crippen LogP contribution in [0.5, 0.6) is 0 Å². The minimum absolute atomic E-state index is 0.0820. The third-order valence-electron chi connectivity index (χ3n) is 11.1. The van der Waals surface area contributed by atoms with Crippen molar-refractivity contribution in [3.05, 3.63) is 71.8 Å². The van der Waals surface area contributed by atoms with Crippen LogP contribution in [-0.2, 0) is 24.3 Å². The molecule has 5 nitrogen and oxygen atoms in total. The summed E-state index contributed by atoms with van der Waals surface area (Å²) in [6.45, 7) is 18.3. The van der Waals surface area contributed by atoms with E-state index in [0.717, 1.165) is 24.0 Å². The lowest BCUT2D eigenvalue weighted by atomic mass is 9.85. The molecule has 5 rings (SSSR count). The number of benzene rings is 2. The van der Waals surface area contributed by atoms with Gasteiger partial charge in [0.25, 0.3) is 0 Å². The summed E-state index contributed by atoms with van der Waals surface area (Å²) in [4.78, 5) is 14.8. The van der Waals surface area contributed by atoms with Gasteiger partial charge in [-0.1, -0.05) is 102 Å². The molecule has 42 heavy (non-hydrogen) atoms. The Bertz CT molecular complexity index is 1100. The highest BCUT2D eigenvalue weighted by Gasteiger charge is 2.57. The van der Waals surface area contributed by atoms with Gasteiger partial charge in [0.1, 0.15) is 12.4 Å². The largest absolute Gasteiger partial charge is 0.459 e. The van der Waals surface area contributed by atoms with Crippen LogP contribution in [0.3, 0.4) is 0 Å². The van der Waals surface area contributed by atoms with Crippen molar-refractivity contribution in [2.75, 3.05) is 13.1 Å². The second-order valence-corrected chi connectivity index (χ2v) is 19.6. The Morgan fingerprint density at radius 3 is 1.64 bits per heavy atom. The summed E-state index contributed by atoms with van der Waals surface area (Å²) < 4.78 is 22.0. The van der Waals surface area contributed by atoms with Crippen molar-refractivity contribution in [1.29, 1.82) is 0 Å². The maximum absolute atomic E-state index is 14.8. The van der Waals surface area contributed by atoms with Gasteiger partial charge in [-0.25, -0.2) is 4.79 Å². The third-order valence-corrected chi connectivity index (χ3v) is 17.3. The van der Waals surface area contributed by atoms with Crippen molar-refractivity contribution in [2.45, 2.75) is 134 Å². The third kappa shape index (κ3) is 5.42. The molecule has 0 radical (unpaired) electrons. The zero-order chi connectivity index (χ0) is 30.1. The average molecular weight is 593 g/mol. The van der Waals surface area contributed by atoms with Gasteiger partial charge < -0.3 is 18.4 Å². The molecule has 0 saturated carbocycles. The van der Waals surface area contributed by atoms with Gasteiger partial charge in [0, 0.05) is 38.5 Å². The predicted molar refractivity (Wildman–Crippen MR) is 171 cm³/mol. The standard InChI is InChI=1S/C36H54NO4Si/c1-26(2)42(27(3)4,28(5)6)41-29(7)40-36(30-16-10-8-11-17-30,31-18-12-9-13-19-31)35(38)39-34-24-32-20-21-33(25-34)37(32)22-14-15-23-37/h8-13,16-19,26-29,32-34H,14-15,20-25H2,1-7H3/q+1. The second-order valence-electron chi connectivity index (χ2n) is 14.2. The molecule has 3 heterocycles. The summed E-state index contributed by atoms with van der Waals surface area (Å²) in [7, 11) is -2.28. The Balaban J connectivity index is 1.50. The smallest absolute Gasteiger partial charge is 0.348 e. The molecule has 2 bridgehead atoms. The van der Waals surface area contributed by atoms with Crippen LogP contribution in [-0.4, -0.2) is 56.3 Å². The summed E-state index contributed by atoms with van der Waals surface area (Å²) in [5.74, 6) is -0.319. The van der Waals surface area contributed by atoms with Crippen molar-refractivity contribution in [2.24, 2.45) is 0 Å². The Hall–Kier alpha value is -1.99. The van der Waals surface area contributed by atoms with E-state index in [9.17, 15) is 4.79 Å². The van der Waals surface area contributed by atoms with Crippen LogP contribution in [0.25, 0.3) is 0 Å². The fraction of sp³-hybridized carbons (Fsp3) is 0.639. The summed E-state index contributed by atoms with van der Waals surface area (Å²) in [5.41, 5.74) is 1.34. The quantitative estimate of drug-likeness (QED) is 0.114. The summed E-state index contributed by atoms with van der Waals surface area (Å²) in [6.07, 6.45) is 6.42. The molecule has 3 aliphatic rings. The topological polar surface area (TPSA) is 44.8 Å². The van der Waals surface area contributed by atoms with Crippen LogP contribution in [0.15, 0.2) is 60.7 Å². The number of rotatable bonds is 11. The van der Waals surface area contributed by atoms with E-state index in [-0.39, 0.29) is 12.1 Å². The van der Waals surface area contributed by atoms with Crippen molar-refractivity contribution >= 4 is 14.3 Å². The minimum atomic E-state index is -2.28. The van der Waals surface area contributed by atoms with Crippen molar-refractivity contribution in [1.82, 2.24) is 0 Å². The molecule has 3 aliphatic heterocycles. The predicted octanol–water partition coefficient (Wildman–Crippen LogP) is 8.33. The maximum atomic E-state index is 14.8. The van der Waals surface area contributed by atoms with Gasteiger partial charge in [0.15, 0.2) is 0 Å². The number of hydrogen-bond donors (Lipinski definition) is 0. The number of hydrogen-bond acceptors (Lipinski definition) is 4. The number of esters is 1. The number of carbonyl (C=O) groups excluding carboxylic acids is 1. The van der Waals surface area contributed by atoms with E-state index in [1.54, 1.807) is 0 Å². The first-order valence-electron chi connectivity index (χ1n) is 16.6. The average Bonchev–Trinajstić information content (AvgIpc) is 3.51. The Morgan fingerprint density at radius 2 is 1.21 bits per heavy atom. The van der Waals surface area contributed by atoms with Crippen LogP contribution in [0.4, 0.5) is 0 Å². The highest BCUT2D eigenvalue weighted by molar-refractivity contribution is 6.77. The molecule has 0 amide bonds. The Kier molecular flexibility index (Phi) is 9.39. The van der Waals surface area contributed by atoms with Gasteiger partial charge in [-0.2, -0.15) is 0 Å². The van der Waals surface area contributed by atoms with E-state index >= 15 is 0 Å². The molecule has 0 aromatic heterocycles. The fourth-order valence-electron chi connectivity index (χ4n) is 9.44. The molecule has 2 aromatic carbocycles. The fourth-order valence-corrected chi connectivity index (χ4v) is 14.9. The monoisotopic (exact) mass is 592 g/mol. The Labute approximate surface area is 255 Å². The van der Waals surface area contributed by atoms with Gasteiger partial charge in [0.2, 0.25) is 13.9 Å². The van der Waals surface area contributed by atoms with E-state index in [0.29, 0.717) is 28.7 Å². The minimum Gasteiger partial charge on any atom is -0.459 e. The van der Waals surface area contributed by atoms with E-state index in [2.05, 4.69) is 41.5 Å². The zero-order valence-corrected chi connectivity index (χ0v) is 28.1. The maximum Gasteiger partial charge on any atom is 0.348 e. The normalized spacial score (nSPS) is 24.6. The molecule has 6 heteroatoms. The molecule has 3 saturated heterocycles. The first kappa shape index (κ1) is 31.4. The van der Waals surface area contributed by atoms with Crippen LogP contribution >= 0.6 is 0 Å². The second kappa shape index (κ2) is 12.5. The summed E-state index contributed by atoms with van der Waals surface area (Å²) in [5, 5.41) is 0. The van der Waals surface area contributed by atoms with E-state index < -0.39 is 20.2 Å². The molecular weight excluding hydrogens is 538 g/mol. The molecule has 0 aliphatic carbocycles. The molecule has 3 unspecified atom stereocenters. The SMILES string of the molecule is CC(OC(C(=O)OC1CC2CCC(C1)[N+]21CCCC1)(c1ccccc1)c1ccccc1)O[Si](C(C)C)(C(C)C)C(C)C. The van der Waals surface area contributed by atoms with E-state index in [1.165, 1.54) is 43.3 Å². The first-order chi connectivity index (χ1) is 20.1. The first-order valence-corrected chi connectivity index (χ1v) is 18.7. The molecule has 0 N–H and O–H groups in total. The van der Waals surface area contributed by atoms with Crippen molar-refractivity contribution < 1.29 is 23.2 Å². The lowest BCUT2D eigenvalue weighted by Crippen LogP contribution is -2.60. The van der Waals surface area contributed by atoms with Gasteiger partial charge in [0.05, 0.1) is 25.2 Å². The molecule has 1 spiro atoms. The number of nitrogens with zero attached hydrogens (tertiary/aromatic N) is 1. The number of quaternary nitrogens is 1. The molecule has 3 fully saturated rings. The van der Waals surface area contributed by atoms with Gasteiger partial charge in [-0.15, -0.1) is 0 Å². The summed E-state index contributed by atoms with van der Waals surface area (Å²) >= 11 is 0. The van der Waals surface area contributed by atoms with Crippen LogP contribution in [0.2, 0.25) is 16.6 Å². The van der Waals surface area contributed by atoms with Gasteiger partial charge in [-0.3, -0.25) is 0 Å². The van der Waals surface area contributed by atoms with Gasteiger partial charge >= 0.3 is 5.97 Å².